The molecule has 0 aliphatic heterocycles. The SMILES string of the molecule is O=C(Cl)C=Cc1cccc(CF)c1. The Morgan fingerprint density at radius 2 is 2.31 bits per heavy atom. The van der Waals surface area contributed by atoms with Crippen molar-refractivity contribution in [1.29, 1.82) is 0 Å². The van der Waals surface area contributed by atoms with Gasteiger partial charge < -0.3 is 0 Å². The molecule has 0 aliphatic rings. The van der Waals surface area contributed by atoms with Gasteiger partial charge in [0.15, 0.2) is 0 Å². The van der Waals surface area contributed by atoms with Crippen molar-refractivity contribution in [3.8, 4) is 0 Å². The maximum atomic E-state index is 12.2. The maximum absolute atomic E-state index is 12.2. The van der Waals surface area contributed by atoms with Crippen molar-refractivity contribution >= 4 is 22.9 Å². The summed E-state index contributed by atoms with van der Waals surface area (Å²) in [7, 11) is 0. The minimum atomic E-state index is -0.536. The Morgan fingerprint density at radius 1 is 1.54 bits per heavy atom. The van der Waals surface area contributed by atoms with Gasteiger partial charge in [0, 0.05) is 0 Å². The van der Waals surface area contributed by atoms with Gasteiger partial charge in [-0.1, -0.05) is 24.3 Å². The molecule has 1 rings (SSSR count). The summed E-state index contributed by atoms with van der Waals surface area (Å²) in [5, 5.41) is -0.536. The lowest BCUT2D eigenvalue weighted by molar-refractivity contribution is -0.107. The molecule has 0 aromatic heterocycles. The number of benzene rings is 1. The molecule has 0 N–H and O–H groups in total. The van der Waals surface area contributed by atoms with Crippen LogP contribution in [0.25, 0.3) is 6.08 Å². The van der Waals surface area contributed by atoms with Crippen molar-refractivity contribution in [3.63, 3.8) is 0 Å². The zero-order valence-corrected chi connectivity index (χ0v) is 7.59. The third-order valence-corrected chi connectivity index (χ3v) is 1.64. The van der Waals surface area contributed by atoms with Crippen LogP contribution in [0, 0.1) is 0 Å². The van der Waals surface area contributed by atoms with Crippen LogP contribution in [-0.2, 0) is 11.5 Å². The predicted molar refractivity (Wildman–Crippen MR) is 51.1 cm³/mol. The monoisotopic (exact) mass is 198 g/mol. The molecule has 1 aromatic carbocycles. The van der Waals surface area contributed by atoms with Crippen LogP contribution in [0.4, 0.5) is 4.39 Å². The van der Waals surface area contributed by atoms with Crippen LogP contribution in [0.3, 0.4) is 0 Å². The van der Waals surface area contributed by atoms with E-state index in [2.05, 4.69) is 0 Å². The van der Waals surface area contributed by atoms with Crippen molar-refractivity contribution in [2.45, 2.75) is 6.67 Å². The Hall–Kier alpha value is -1.15. The number of alkyl halides is 1. The van der Waals surface area contributed by atoms with E-state index in [9.17, 15) is 9.18 Å². The molecule has 1 nitrogen and oxygen atoms in total. The quantitative estimate of drug-likeness (QED) is 0.539. The van der Waals surface area contributed by atoms with E-state index in [1.54, 1.807) is 30.3 Å². The lowest BCUT2D eigenvalue weighted by Crippen LogP contribution is -1.80. The van der Waals surface area contributed by atoms with Gasteiger partial charge >= 0.3 is 0 Å². The van der Waals surface area contributed by atoms with Gasteiger partial charge in [0.25, 0.3) is 0 Å². The summed E-state index contributed by atoms with van der Waals surface area (Å²) in [6, 6.07) is 6.85. The third-order valence-electron chi connectivity index (χ3n) is 1.51. The van der Waals surface area contributed by atoms with Gasteiger partial charge in [0.05, 0.1) is 0 Å². The fraction of sp³-hybridized carbons (Fsp3) is 0.100. The van der Waals surface area contributed by atoms with Gasteiger partial charge in [-0.05, 0) is 34.9 Å². The second-order valence-corrected chi connectivity index (χ2v) is 2.89. The van der Waals surface area contributed by atoms with Gasteiger partial charge in [-0.25, -0.2) is 4.39 Å². The highest BCUT2D eigenvalue weighted by Gasteiger charge is 1.92. The fourth-order valence-electron chi connectivity index (χ4n) is 0.942. The molecule has 68 valence electrons. The molecule has 0 unspecified atom stereocenters. The number of allylic oxidation sites excluding steroid dienone is 1. The normalized spacial score (nSPS) is 10.6. The zero-order valence-electron chi connectivity index (χ0n) is 6.84. The number of hydrogen-bond donors (Lipinski definition) is 0. The highest BCUT2D eigenvalue weighted by Crippen LogP contribution is 2.08. The Morgan fingerprint density at radius 3 is 2.92 bits per heavy atom. The zero-order chi connectivity index (χ0) is 9.68. The van der Waals surface area contributed by atoms with Crippen LogP contribution < -0.4 is 0 Å². The lowest BCUT2D eigenvalue weighted by Gasteiger charge is -1.95. The van der Waals surface area contributed by atoms with E-state index in [0.29, 0.717) is 5.56 Å². The average molecular weight is 199 g/mol. The van der Waals surface area contributed by atoms with Crippen LogP contribution in [0.15, 0.2) is 30.3 Å². The highest BCUT2D eigenvalue weighted by atomic mass is 35.5. The molecule has 0 aliphatic carbocycles. The molecule has 0 spiro atoms. The Labute approximate surface area is 80.8 Å². The standard InChI is InChI=1S/C10H8ClFO/c11-10(13)5-4-8-2-1-3-9(6-8)7-12/h1-6H,7H2. The summed E-state index contributed by atoms with van der Waals surface area (Å²) in [5.74, 6) is 0. The molecule has 0 bridgehead atoms. The van der Waals surface area contributed by atoms with Crippen molar-refractivity contribution in [2.24, 2.45) is 0 Å². The lowest BCUT2D eigenvalue weighted by atomic mass is 10.1. The number of carbonyl (C=O) groups is 1. The summed E-state index contributed by atoms with van der Waals surface area (Å²) in [4.78, 5) is 10.4. The molecule has 1 aromatic rings. The number of halogens is 2. The molecule has 0 saturated heterocycles. The minimum absolute atomic E-state index is 0.503. The Balaban J connectivity index is 2.83. The largest absolute Gasteiger partial charge is 0.276 e. The second-order valence-electron chi connectivity index (χ2n) is 2.52. The predicted octanol–water partition coefficient (Wildman–Crippen LogP) is 2.93. The third kappa shape index (κ3) is 3.38. The first-order chi connectivity index (χ1) is 6.22. The van der Waals surface area contributed by atoms with Crippen molar-refractivity contribution in [1.82, 2.24) is 0 Å². The topological polar surface area (TPSA) is 17.1 Å². The Bertz CT molecular complexity index is 333. The van der Waals surface area contributed by atoms with Crippen LogP contribution in [0.2, 0.25) is 0 Å². The molecule has 0 atom stereocenters. The first-order valence-corrected chi connectivity index (χ1v) is 4.12. The molecule has 13 heavy (non-hydrogen) atoms. The van der Waals surface area contributed by atoms with Crippen molar-refractivity contribution in [3.05, 3.63) is 41.5 Å². The maximum Gasteiger partial charge on any atom is 0.245 e. The first-order valence-electron chi connectivity index (χ1n) is 3.75. The summed E-state index contributed by atoms with van der Waals surface area (Å²) in [6.07, 6.45) is 2.79. The van der Waals surface area contributed by atoms with E-state index < -0.39 is 11.9 Å². The summed E-state index contributed by atoms with van der Waals surface area (Å²) >= 11 is 5.10. The van der Waals surface area contributed by atoms with E-state index in [1.165, 1.54) is 6.08 Å². The highest BCUT2D eigenvalue weighted by molar-refractivity contribution is 6.66. The fourth-order valence-corrected chi connectivity index (χ4v) is 1.00. The van der Waals surface area contributed by atoms with Crippen molar-refractivity contribution in [2.75, 3.05) is 0 Å². The van der Waals surface area contributed by atoms with Crippen molar-refractivity contribution < 1.29 is 9.18 Å². The second kappa shape index (κ2) is 4.77. The average Bonchev–Trinajstić information content (AvgIpc) is 2.15. The number of rotatable bonds is 3. The van der Waals surface area contributed by atoms with Crippen LogP contribution in [0.5, 0.6) is 0 Å². The van der Waals surface area contributed by atoms with Crippen LogP contribution in [-0.4, -0.2) is 5.24 Å². The summed E-state index contributed by atoms with van der Waals surface area (Å²) in [6.45, 7) is -0.503. The first kappa shape index (κ1) is 9.93. The van der Waals surface area contributed by atoms with Gasteiger partial charge in [-0.3, -0.25) is 4.79 Å². The molecule has 0 saturated carbocycles. The van der Waals surface area contributed by atoms with Crippen LogP contribution in [0.1, 0.15) is 11.1 Å². The summed E-state index contributed by atoms with van der Waals surface area (Å²) < 4.78 is 12.2. The van der Waals surface area contributed by atoms with Gasteiger partial charge in [0.1, 0.15) is 6.67 Å². The van der Waals surface area contributed by atoms with E-state index in [0.717, 1.165) is 5.56 Å². The van der Waals surface area contributed by atoms with Gasteiger partial charge in [-0.15, -0.1) is 0 Å². The number of carbonyl (C=O) groups excluding carboxylic acids is 1. The van der Waals surface area contributed by atoms with Crippen LogP contribution >= 0.6 is 11.6 Å². The molecule has 3 heteroatoms. The number of hydrogen-bond acceptors (Lipinski definition) is 1. The smallest absolute Gasteiger partial charge is 0.245 e. The molecule has 0 heterocycles. The van der Waals surface area contributed by atoms with E-state index in [-0.39, 0.29) is 0 Å². The van der Waals surface area contributed by atoms with Gasteiger partial charge in [-0.2, -0.15) is 0 Å². The van der Waals surface area contributed by atoms with E-state index in [1.807, 2.05) is 0 Å². The Kier molecular flexibility index (Phi) is 3.65. The van der Waals surface area contributed by atoms with E-state index >= 15 is 0 Å². The van der Waals surface area contributed by atoms with E-state index in [4.69, 9.17) is 11.6 Å². The molecular weight excluding hydrogens is 191 g/mol. The molecular formula is C10H8ClFO. The molecule has 0 amide bonds. The van der Waals surface area contributed by atoms with Gasteiger partial charge in [0.2, 0.25) is 5.24 Å². The summed E-state index contributed by atoms with van der Waals surface area (Å²) in [5.41, 5.74) is 1.35. The molecule has 0 fully saturated rings. The minimum Gasteiger partial charge on any atom is -0.276 e. The molecule has 0 radical (unpaired) electrons.